The van der Waals surface area contributed by atoms with Crippen molar-refractivity contribution in [3.8, 4) is 0 Å². The largest absolute Gasteiger partial charge is 0.378 e. The molecule has 2 aromatic carbocycles. The van der Waals surface area contributed by atoms with Crippen LogP contribution in [0.3, 0.4) is 0 Å². The number of rotatable bonds is 4. The molecule has 0 amide bonds. The molecule has 0 radical (unpaired) electrons. The molecule has 0 saturated heterocycles. The summed E-state index contributed by atoms with van der Waals surface area (Å²) in [5.41, 5.74) is 7.71. The summed E-state index contributed by atoms with van der Waals surface area (Å²) < 4.78 is 0. The van der Waals surface area contributed by atoms with Crippen LogP contribution in [0.2, 0.25) is 0 Å². The van der Waals surface area contributed by atoms with Gasteiger partial charge in [-0.3, -0.25) is 5.84 Å². The van der Waals surface area contributed by atoms with E-state index in [9.17, 15) is 0 Å². The van der Waals surface area contributed by atoms with E-state index >= 15 is 0 Å². The van der Waals surface area contributed by atoms with Gasteiger partial charge in [0.2, 0.25) is 0 Å². The minimum absolute atomic E-state index is 0.0149. The summed E-state index contributed by atoms with van der Waals surface area (Å²) in [5.74, 6) is 5.77. The van der Waals surface area contributed by atoms with Crippen molar-refractivity contribution in [3.63, 3.8) is 0 Å². The highest BCUT2D eigenvalue weighted by atomic mass is 15.2. The first-order valence-electron chi connectivity index (χ1n) is 6.42. The lowest BCUT2D eigenvalue weighted by Crippen LogP contribution is -2.29. The van der Waals surface area contributed by atoms with Crippen molar-refractivity contribution in [1.29, 1.82) is 0 Å². The van der Waals surface area contributed by atoms with E-state index in [1.165, 1.54) is 22.4 Å². The third kappa shape index (κ3) is 2.95. The Bertz CT molecular complexity index is 549. The van der Waals surface area contributed by atoms with E-state index in [0.29, 0.717) is 0 Å². The maximum atomic E-state index is 5.77. The number of nitrogens with two attached hydrogens (primary N) is 1. The Morgan fingerprint density at radius 3 is 2.42 bits per heavy atom. The van der Waals surface area contributed by atoms with Gasteiger partial charge in [0.25, 0.3) is 0 Å². The SMILES string of the molecule is Cc1ccccc1C(NN)c1cccc(N(C)C)c1. The van der Waals surface area contributed by atoms with E-state index in [-0.39, 0.29) is 6.04 Å². The van der Waals surface area contributed by atoms with E-state index < -0.39 is 0 Å². The maximum absolute atomic E-state index is 5.77. The van der Waals surface area contributed by atoms with Crippen molar-refractivity contribution >= 4 is 5.69 Å². The topological polar surface area (TPSA) is 41.3 Å². The number of hydrogen-bond donors (Lipinski definition) is 2. The highest BCUT2D eigenvalue weighted by Crippen LogP contribution is 2.26. The number of nitrogens with zero attached hydrogens (tertiary/aromatic N) is 1. The molecule has 19 heavy (non-hydrogen) atoms. The fourth-order valence-corrected chi connectivity index (χ4v) is 2.26. The van der Waals surface area contributed by atoms with Gasteiger partial charge in [-0.05, 0) is 35.7 Å². The van der Waals surface area contributed by atoms with Crippen molar-refractivity contribution < 1.29 is 0 Å². The van der Waals surface area contributed by atoms with Crippen molar-refractivity contribution in [2.45, 2.75) is 13.0 Å². The highest BCUT2D eigenvalue weighted by molar-refractivity contribution is 5.49. The van der Waals surface area contributed by atoms with Crippen LogP contribution in [-0.4, -0.2) is 14.1 Å². The Balaban J connectivity index is 2.43. The maximum Gasteiger partial charge on any atom is 0.0713 e. The molecule has 0 aliphatic heterocycles. The lowest BCUT2D eigenvalue weighted by atomic mass is 9.95. The van der Waals surface area contributed by atoms with Crippen LogP contribution < -0.4 is 16.2 Å². The summed E-state index contributed by atoms with van der Waals surface area (Å²) in [6, 6.07) is 16.7. The molecule has 3 heteroatoms. The quantitative estimate of drug-likeness (QED) is 0.652. The third-order valence-corrected chi connectivity index (χ3v) is 3.39. The van der Waals surface area contributed by atoms with Gasteiger partial charge in [0.15, 0.2) is 0 Å². The van der Waals surface area contributed by atoms with Crippen LogP contribution in [0.25, 0.3) is 0 Å². The standard InChI is InChI=1S/C16H21N3/c1-12-7-4-5-10-15(12)16(18-17)13-8-6-9-14(11-13)19(2)3/h4-11,16,18H,17H2,1-3H3. The molecule has 3 N–H and O–H groups in total. The molecule has 0 aromatic heterocycles. The second kappa shape index (κ2) is 5.87. The van der Waals surface area contributed by atoms with Crippen LogP contribution in [-0.2, 0) is 0 Å². The van der Waals surface area contributed by atoms with Gasteiger partial charge in [0, 0.05) is 19.8 Å². The first-order chi connectivity index (χ1) is 9.13. The van der Waals surface area contributed by atoms with Crippen molar-refractivity contribution in [2.75, 3.05) is 19.0 Å². The fraction of sp³-hybridized carbons (Fsp3) is 0.250. The average molecular weight is 255 g/mol. The lowest BCUT2D eigenvalue weighted by Gasteiger charge is -2.21. The van der Waals surface area contributed by atoms with Gasteiger partial charge in [0.1, 0.15) is 0 Å². The Morgan fingerprint density at radius 2 is 1.79 bits per heavy atom. The van der Waals surface area contributed by atoms with Gasteiger partial charge in [-0.15, -0.1) is 0 Å². The molecular formula is C16H21N3. The fourth-order valence-electron chi connectivity index (χ4n) is 2.26. The number of anilines is 1. The van der Waals surface area contributed by atoms with Crippen LogP contribution in [0.15, 0.2) is 48.5 Å². The molecule has 100 valence electrons. The van der Waals surface area contributed by atoms with Crippen LogP contribution in [0.5, 0.6) is 0 Å². The van der Waals surface area contributed by atoms with Crippen LogP contribution >= 0.6 is 0 Å². The van der Waals surface area contributed by atoms with Crippen molar-refractivity contribution in [1.82, 2.24) is 5.43 Å². The normalized spacial score (nSPS) is 12.2. The van der Waals surface area contributed by atoms with Gasteiger partial charge >= 0.3 is 0 Å². The molecule has 0 spiro atoms. The zero-order valence-corrected chi connectivity index (χ0v) is 11.7. The predicted molar refractivity (Wildman–Crippen MR) is 81.1 cm³/mol. The van der Waals surface area contributed by atoms with Gasteiger partial charge in [-0.1, -0.05) is 36.4 Å². The molecule has 2 rings (SSSR count). The molecule has 0 bridgehead atoms. The molecular weight excluding hydrogens is 234 g/mol. The molecule has 1 unspecified atom stereocenters. The summed E-state index contributed by atoms with van der Waals surface area (Å²) in [7, 11) is 4.08. The molecule has 0 heterocycles. The predicted octanol–water partition coefficient (Wildman–Crippen LogP) is 2.61. The van der Waals surface area contributed by atoms with Gasteiger partial charge in [0.05, 0.1) is 6.04 Å². The smallest absolute Gasteiger partial charge is 0.0713 e. The summed E-state index contributed by atoms with van der Waals surface area (Å²) in [5, 5.41) is 0. The van der Waals surface area contributed by atoms with Crippen molar-refractivity contribution in [3.05, 3.63) is 65.2 Å². The summed E-state index contributed by atoms with van der Waals surface area (Å²) in [4.78, 5) is 2.09. The van der Waals surface area contributed by atoms with E-state index in [1.54, 1.807) is 0 Å². The minimum Gasteiger partial charge on any atom is -0.378 e. The molecule has 2 aromatic rings. The third-order valence-electron chi connectivity index (χ3n) is 3.39. The van der Waals surface area contributed by atoms with Crippen LogP contribution in [0.1, 0.15) is 22.7 Å². The van der Waals surface area contributed by atoms with Gasteiger partial charge in [-0.25, -0.2) is 5.43 Å². The summed E-state index contributed by atoms with van der Waals surface area (Å²) in [6.07, 6.45) is 0. The molecule has 0 fully saturated rings. The summed E-state index contributed by atoms with van der Waals surface area (Å²) in [6.45, 7) is 2.11. The zero-order chi connectivity index (χ0) is 13.8. The van der Waals surface area contributed by atoms with Gasteiger partial charge < -0.3 is 4.90 Å². The second-order valence-corrected chi connectivity index (χ2v) is 4.95. The molecule has 0 saturated carbocycles. The zero-order valence-electron chi connectivity index (χ0n) is 11.7. The first-order valence-corrected chi connectivity index (χ1v) is 6.42. The molecule has 3 nitrogen and oxygen atoms in total. The number of hydrazine groups is 1. The van der Waals surface area contributed by atoms with E-state index in [4.69, 9.17) is 5.84 Å². The van der Waals surface area contributed by atoms with E-state index in [0.717, 1.165) is 0 Å². The van der Waals surface area contributed by atoms with E-state index in [1.807, 2.05) is 26.2 Å². The Labute approximate surface area is 115 Å². The molecule has 0 aliphatic carbocycles. The highest BCUT2D eigenvalue weighted by Gasteiger charge is 2.14. The minimum atomic E-state index is 0.0149. The second-order valence-electron chi connectivity index (χ2n) is 4.95. The van der Waals surface area contributed by atoms with Crippen LogP contribution in [0.4, 0.5) is 5.69 Å². The molecule has 0 aliphatic rings. The Morgan fingerprint density at radius 1 is 1.05 bits per heavy atom. The van der Waals surface area contributed by atoms with Gasteiger partial charge in [-0.2, -0.15) is 0 Å². The van der Waals surface area contributed by atoms with Crippen LogP contribution in [0, 0.1) is 6.92 Å². The van der Waals surface area contributed by atoms with Crippen molar-refractivity contribution in [2.24, 2.45) is 5.84 Å². The monoisotopic (exact) mass is 255 g/mol. The number of nitrogens with one attached hydrogen (secondary N) is 1. The lowest BCUT2D eigenvalue weighted by molar-refractivity contribution is 0.633. The van der Waals surface area contributed by atoms with E-state index in [2.05, 4.69) is 53.6 Å². The Kier molecular flexibility index (Phi) is 4.20. The molecule has 1 atom stereocenters. The Hall–Kier alpha value is -1.84. The first kappa shape index (κ1) is 13.6. The number of hydrogen-bond acceptors (Lipinski definition) is 3. The summed E-state index contributed by atoms with van der Waals surface area (Å²) >= 11 is 0. The average Bonchev–Trinajstić information content (AvgIpc) is 2.42. The number of aryl methyl sites for hydroxylation is 1. The number of benzene rings is 2.